The zero-order valence-corrected chi connectivity index (χ0v) is 19.2. The highest BCUT2D eigenvalue weighted by molar-refractivity contribution is 6.01. The number of carbonyl (C=O) groups excluding carboxylic acids is 2. The summed E-state index contributed by atoms with van der Waals surface area (Å²) in [7, 11) is 1.62. The number of benzene rings is 2. The molecule has 1 aromatic heterocycles. The quantitative estimate of drug-likeness (QED) is 0.552. The SMILES string of the molecule is CN(C(=O)c1ncccc1NC(=O)OCC1c2ccccc2-c2ccccc21)C1CC(C(=O)O)C1. The minimum absolute atomic E-state index is 0.0740. The first kappa shape index (κ1) is 22.6. The molecule has 178 valence electrons. The number of carboxylic acid groups (broad SMARTS) is 1. The van der Waals surface area contributed by atoms with Crippen LogP contribution in [0, 0.1) is 5.92 Å². The summed E-state index contributed by atoms with van der Waals surface area (Å²) in [5.74, 6) is -1.74. The lowest BCUT2D eigenvalue weighted by molar-refractivity contribution is -0.146. The molecule has 0 atom stereocenters. The van der Waals surface area contributed by atoms with Crippen molar-refractivity contribution in [2.45, 2.75) is 24.8 Å². The van der Waals surface area contributed by atoms with Gasteiger partial charge in [0.15, 0.2) is 5.69 Å². The van der Waals surface area contributed by atoms with Crippen LogP contribution < -0.4 is 5.32 Å². The Morgan fingerprint density at radius 1 is 1.00 bits per heavy atom. The molecule has 1 saturated carbocycles. The van der Waals surface area contributed by atoms with Gasteiger partial charge in [0.1, 0.15) is 6.61 Å². The van der Waals surface area contributed by atoms with E-state index in [1.165, 1.54) is 11.1 Å². The minimum atomic E-state index is -0.849. The van der Waals surface area contributed by atoms with Crippen LogP contribution in [-0.4, -0.2) is 52.7 Å². The number of amides is 2. The molecule has 0 spiro atoms. The van der Waals surface area contributed by atoms with E-state index in [9.17, 15) is 14.4 Å². The van der Waals surface area contributed by atoms with Crippen molar-refractivity contribution in [1.29, 1.82) is 0 Å². The molecule has 1 fully saturated rings. The van der Waals surface area contributed by atoms with E-state index in [1.807, 2.05) is 36.4 Å². The fraction of sp³-hybridized carbons (Fsp3) is 0.259. The van der Waals surface area contributed by atoms with Gasteiger partial charge >= 0.3 is 12.1 Å². The summed E-state index contributed by atoms with van der Waals surface area (Å²) in [5.41, 5.74) is 4.84. The van der Waals surface area contributed by atoms with Crippen molar-refractivity contribution in [1.82, 2.24) is 9.88 Å². The highest BCUT2D eigenvalue weighted by atomic mass is 16.5. The van der Waals surface area contributed by atoms with E-state index >= 15 is 0 Å². The Balaban J connectivity index is 1.25. The van der Waals surface area contributed by atoms with E-state index in [1.54, 1.807) is 19.2 Å². The van der Waals surface area contributed by atoms with Crippen LogP contribution in [0.3, 0.4) is 0 Å². The Morgan fingerprint density at radius 2 is 1.63 bits per heavy atom. The monoisotopic (exact) mass is 471 g/mol. The molecule has 0 bridgehead atoms. The number of fused-ring (bicyclic) bond motifs is 3. The summed E-state index contributed by atoms with van der Waals surface area (Å²) < 4.78 is 5.59. The minimum Gasteiger partial charge on any atom is -0.481 e. The number of pyridine rings is 1. The molecular formula is C27H25N3O5. The number of rotatable bonds is 6. The Bertz CT molecular complexity index is 1260. The maximum Gasteiger partial charge on any atom is 0.411 e. The van der Waals surface area contributed by atoms with Gasteiger partial charge in [0.25, 0.3) is 5.91 Å². The van der Waals surface area contributed by atoms with Crippen LogP contribution in [0.1, 0.15) is 40.4 Å². The second-order valence-electron chi connectivity index (χ2n) is 8.93. The molecule has 3 aromatic rings. The second kappa shape index (κ2) is 9.21. The van der Waals surface area contributed by atoms with Gasteiger partial charge in [-0.25, -0.2) is 9.78 Å². The van der Waals surface area contributed by atoms with E-state index in [0.717, 1.165) is 22.3 Å². The van der Waals surface area contributed by atoms with E-state index in [2.05, 4.69) is 22.4 Å². The lowest BCUT2D eigenvalue weighted by Crippen LogP contribution is -2.48. The molecule has 0 saturated heterocycles. The first-order valence-corrected chi connectivity index (χ1v) is 11.5. The molecule has 2 N–H and O–H groups in total. The van der Waals surface area contributed by atoms with Gasteiger partial charge in [0.05, 0.1) is 11.6 Å². The van der Waals surface area contributed by atoms with E-state index in [-0.39, 0.29) is 35.9 Å². The zero-order chi connectivity index (χ0) is 24.5. The van der Waals surface area contributed by atoms with Crippen molar-refractivity contribution in [3.63, 3.8) is 0 Å². The molecule has 2 aliphatic carbocycles. The van der Waals surface area contributed by atoms with Gasteiger partial charge in [-0.3, -0.25) is 14.9 Å². The van der Waals surface area contributed by atoms with Crippen molar-refractivity contribution in [2.75, 3.05) is 19.0 Å². The van der Waals surface area contributed by atoms with Gasteiger partial charge in [0.2, 0.25) is 0 Å². The van der Waals surface area contributed by atoms with Gasteiger partial charge in [0, 0.05) is 25.2 Å². The number of hydrogen-bond acceptors (Lipinski definition) is 5. The second-order valence-corrected chi connectivity index (χ2v) is 8.93. The lowest BCUT2D eigenvalue weighted by Gasteiger charge is -2.39. The number of anilines is 1. The normalized spacial score (nSPS) is 18.1. The molecule has 1 heterocycles. The number of hydrogen-bond donors (Lipinski definition) is 2. The number of nitrogens with zero attached hydrogens (tertiary/aromatic N) is 2. The highest BCUT2D eigenvalue weighted by Crippen LogP contribution is 2.44. The number of ether oxygens (including phenoxy) is 1. The molecule has 8 heteroatoms. The van der Waals surface area contributed by atoms with Crippen LogP contribution in [0.25, 0.3) is 11.1 Å². The van der Waals surface area contributed by atoms with Gasteiger partial charge < -0.3 is 14.7 Å². The summed E-state index contributed by atoms with van der Waals surface area (Å²) in [4.78, 5) is 42.5. The Morgan fingerprint density at radius 3 is 2.26 bits per heavy atom. The number of carboxylic acids is 1. The fourth-order valence-electron chi connectivity index (χ4n) is 4.86. The standard InChI is InChI=1S/C27H25N3O5/c1-30(17-13-16(14-17)26(32)33)25(31)24-23(11-6-12-28-24)29-27(34)35-15-22-20-9-4-2-7-18(20)19-8-3-5-10-21(19)22/h2-12,16-17,22H,13-15H2,1H3,(H,29,34)(H,32,33). The van der Waals surface area contributed by atoms with Crippen molar-refractivity contribution >= 4 is 23.7 Å². The predicted octanol–water partition coefficient (Wildman–Crippen LogP) is 4.38. The first-order chi connectivity index (χ1) is 16.9. The van der Waals surface area contributed by atoms with Gasteiger partial charge in [-0.15, -0.1) is 0 Å². The van der Waals surface area contributed by atoms with Gasteiger partial charge in [-0.2, -0.15) is 0 Å². The molecule has 0 radical (unpaired) electrons. The maximum absolute atomic E-state index is 13.0. The molecule has 0 unspecified atom stereocenters. The lowest BCUT2D eigenvalue weighted by atomic mass is 9.79. The average molecular weight is 472 g/mol. The van der Waals surface area contributed by atoms with Gasteiger partial charge in [-0.05, 0) is 47.2 Å². The number of carbonyl (C=O) groups is 3. The fourth-order valence-corrected chi connectivity index (χ4v) is 4.86. The maximum atomic E-state index is 13.0. The summed E-state index contributed by atoms with van der Waals surface area (Å²) in [6.07, 6.45) is 1.61. The van der Waals surface area contributed by atoms with Crippen LogP contribution in [-0.2, 0) is 9.53 Å². The van der Waals surface area contributed by atoms with Crippen molar-refractivity contribution in [2.24, 2.45) is 5.92 Å². The molecule has 8 nitrogen and oxygen atoms in total. The third-order valence-corrected chi connectivity index (χ3v) is 6.92. The topological polar surface area (TPSA) is 109 Å². The van der Waals surface area contributed by atoms with Crippen molar-refractivity contribution < 1.29 is 24.2 Å². The van der Waals surface area contributed by atoms with E-state index in [4.69, 9.17) is 9.84 Å². The zero-order valence-electron chi connectivity index (χ0n) is 19.2. The summed E-state index contributed by atoms with van der Waals surface area (Å²) in [6.45, 7) is 0.155. The molecule has 0 aliphatic heterocycles. The third kappa shape index (κ3) is 4.23. The smallest absolute Gasteiger partial charge is 0.411 e. The van der Waals surface area contributed by atoms with Crippen molar-refractivity contribution in [3.8, 4) is 11.1 Å². The number of aromatic nitrogens is 1. The summed E-state index contributed by atoms with van der Waals surface area (Å²) >= 11 is 0. The van der Waals surface area contributed by atoms with Gasteiger partial charge in [-0.1, -0.05) is 48.5 Å². The van der Waals surface area contributed by atoms with Crippen LogP contribution in [0.2, 0.25) is 0 Å². The Hall–Kier alpha value is -4.20. The number of nitrogens with one attached hydrogen (secondary N) is 1. The molecule has 2 aliphatic rings. The van der Waals surface area contributed by atoms with E-state index in [0.29, 0.717) is 12.8 Å². The highest BCUT2D eigenvalue weighted by Gasteiger charge is 2.39. The predicted molar refractivity (Wildman–Crippen MR) is 129 cm³/mol. The number of aliphatic carboxylic acids is 1. The van der Waals surface area contributed by atoms with Crippen LogP contribution in [0.4, 0.5) is 10.5 Å². The third-order valence-electron chi connectivity index (χ3n) is 6.92. The molecule has 5 rings (SSSR count). The summed E-state index contributed by atoms with van der Waals surface area (Å²) in [6, 6.07) is 19.2. The summed E-state index contributed by atoms with van der Waals surface area (Å²) in [5, 5.41) is 11.7. The van der Waals surface area contributed by atoms with Crippen molar-refractivity contribution in [3.05, 3.63) is 83.7 Å². The Labute approximate surface area is 202 Å². The largest absolute Gasteiger partial charge is 0.481 e. The Kier molecular flexibility index (Phi) is 5.94. The molecule has 35 heavy (non-hydrogen) atoms. The molecule has 2 aromatic carbocycles. The van der Waals surface area contributed by atoms with Crippen LogP contribution in [0.5, 0.6) is 0 Å². The molecular weight excluding hydrogens is 446 g/mol. The van der Waals surface area contributed by atoms with Crippen LogP contribution in [0.15, 0.2) is 66.9 Å². The molecule has 2 amide bonds. The average Bonchev–Trinajstić information content (AvgIpc) is 3.15. The van der Waals surface area contributed by atoms with Crippen LogP contribution >= 0.6 is 0 Å². The van der Waals surface area contributed by atoms with E-state index < -0.39 is 18.0 Å². The first-order valence-electron chi connectivity index (χ1n) is 11.5.